The van der Waals surface area contributed by atoms with Gasteiger partial charge in [-0.2, -0.15) is 0 Å². The number of benzene rings is 3. The van der Waals surface area contributed by atoms with Gasteiger partial charge in [-0.3, -0.25) is 0 Å². The van der Waals surface area contributed by atoms with E-state index in [1.54, 1.807) is 12.1 Å². The number of ether oxygens (including phenoxy) is 1. The molecule has 0 spiro atoms. The number of hydrogen-bond acceptors (Lipinski definition) is 3. The number of nitrogens with one attached hydrogen (secondary N) is 1. The van der Waals surface area contributed by atoms with Crippen molar-refractivity contribution in [1.82, 2.24) is 0 Å². The number of hydrogen-bond donors (Lipinski definition) is 1. The van der Waals surface area contributed by atoms with Crippen molar-refractivity contribution in [3.05, 3.63) is 96.6 Å². The van der Waals surface area contributed by atoms with Gasteiger partial charge < -0.3 is 0 Å². The minimum absolute atomic E-state index is 0.00523. The molecule has 3 aromatic rings. The van der Waals surface area contributed by atoms with Gasteiger partial charge in [0.25, 0.3) is 0 Å². The monoisotopic (exact) mass is 425 g/mol. The fourth-order valence-corrected chi connectivity index (χ4v) is 4.88. The third-order valence-electron chi connectivity index (χ3n) is 4.15. The van der Waals surface area contributed by atoms with Crippen LogP contribution in [0.2, 0.25) is 5.32 Å². The molecular formula is C23H23NO2Se. The molecule has 0 heterocycles. The van der Waals surface area contributed by atoms with Crippen molar-refractivity contribution in [3.8, 4) is 0 Å². The number of carbonyl (C=O) groups is 1. The SMILES string of the molecule is C[C@H](Nc1ccccc1)[C@H](C[Se]c1ccccc1)OC(=O)c1ccccc1. The maximum absolute atomic E-state index is 12.6. The van der Waals surface area contributed by atoms with E-state index >= 15 is 0 Å². The van der Waals surface area contributed by atoms with Gasteiger partial charge in [-0.05, 0) is 0 Å². The number of carbonyl (C=O) groups excluding carboxylic acids is 1. The van der Waals surface area contributed by atoms with Crippen LogP contribution in [0.25, 0.3) is 0 Å². The van der Waals surface area contributed by atoms with E-state index < -0.39 is 0 Å². The minimum atomic E-state index is -0.272. The van der Waals surface area contributed by atoms with Crippen molar-refractivity contribution in [2.75, 3.05) is 5.32 Å². The van der Waals surface area contributed by atoms with Gasteiger partial charge in [0.15, 0.2) is 0 Å². The Morgan fingerprint density at radius 2 is 1.44 bits per heavy atom. The van der Waals surface area contributed by atoms with E-state index in [1.165, 1.54) is 4.46 Å². The predicted octanol–water partition coefficient (Wildman–Crippen LogP) is 4.16. The van der Waals surface area contributed by atoms with Crippen molar-refractivity contribution in [2.45, 2.75) is 24.4 Å². The van der Waals surface area contributed by atoms with E-state index in [0.717, 1.165) is 11.0 Å². The van der Waals surface area contributed by atoms with Gasteiger partial charge in [-0.1, -0.05) is 0 Å². The van der Waals surface area contributed by atoms with Crippen LogP contribution < -0.4 is 9.78 Å². The summed E-state index contributed by atoms with van der Waals surface area (Å²) in [6.45, 7) is 2.07. The van der Waals surface area contributed by atoms with Crippen LogP contribution in [0, 0.1) is 0 Å². The van der Waals surface area contributed by atoms with Gasteiger partial charge in [0, 0.05) is 0 Å². The van der Waals surface area contributed by atoms with E-state index in [4.69, 9.17) is 4.74 Å². The Morgan fingerprint density at radius 1 is 0.889 bits per heavy atom. The van der Waals surface area contributed by atoms with Crippen molar-refractivity contribution < 1.29 is 9.53 Å². The van der Waals surface area contributed by atoms with Crippen LogP contribution in [0.4, 0.5) is 5.69 Å². The van der Waals surface area contributed by atoms with E-state index in [0.29, 0.717) is 5.56 Å². The first-order chi connectivity index (χ1) is 13.2. The number of esters is 1. The third kappa shape index (κ3) is 5.99. The summed E-state index contributed by atoms with van der Waals surface area (Å²) in [6, 6.07) is 29.6. The molecule has 0 radical (unpaired) electrons. The van der Waals surface area contributed by atoms with E-state index in [2.05, 4.69) is 24.4 Å². The molecule has 27 heavy (non-hydrogen) atoms. The maximum atomic E-state index is 12.6. The van der Waals surface area contributed by atoms with E-state index in [-0.39, 0.29) is 33.1 Å². The summed E-state index contributed by atoms with van der Waals surface area (Å²) in [5, 5.41) is 4.28. The molecule has 0 saturated carbocycles. The third-order valence-corrected chi connectivity index (χ3v) is 6.46. The van der Waals surface area contributed by atoms with Gasteiger partial charge in [-0.15, -0.1) is 0 Å². The fraction of sp³-hybridized carbons (Fsp3) is 0.174. The van der Waals surface area contributed by atoms with Crippen LogP contribution >= 0.6 is 0 Å². The molecule has 2 atom stereocenters. The van der Waals surface area contributed by atoms with Crippen molar-refractivity contribution >= 4 is 31.1 Å². The molecule has 0 bridgehead atoms. The average Bonchev–Trinajstić information content (AvgIpc) is 2.73. The zero-order chi connectivity index (χ0) is 18.9. The number of anilines is 1. The first-order valence-electron chi connectivity index (χ1n) is 8.98. The Kier molecular flexibility index (Phi) is 7.09. The molecule has 0 aliphatic rings. The standard InChI is InChI=1S/C23H23NO2Se/c1-18(24-20-13-7-3-8-14-20)22(17-27-21-15-9-4-10-16-21)26-23(25)19-11-5-2-6-12-19/h2-16,18,22,24H,17H2,1H3/t18-,22-/m0/s1. The molecule has 0 unspecified atom stereocenters. The van der Waals surface area contributed by atoms with Gasteiger partial charge in [0.1, 0.15) is 0 Å². The fourth-order valence-electron chi connectivity index (χ4n) is 2.65. The number of para-hydroxylation sites is 1. The first kappa shape index (κ1) is 19.2. The summed E-state index contributed by atoms with van der Waals surface area (Å²) < 4.78 is 7.21. The summed E-state index contributed by atoms with van der Waals surface area (Å²) in [7, 11) is 0. The van der Waals surface area contributed by atoms with Crippen LogP contribution in [0.5, 0.6) is 0 Å². The summed E-state index contributed by atoms with van der Waals surface area (Å²) in [5.41, 5.74) is 1.61. The molecular weight excluding hydrogens is 401 g/mol. The first-order valence-corrected chi connectivity index (χ1v) is 11.0. The molecule has 0 aromatic heterocycles. The van der Waals surface area contributed by atoms with E-state index in [1.807, 2.05) is 66.7 Å². The molecule has 1 N–H and O–H groups in total. The molecule has 0 fully saturated rings. The Labute approximate surface area is 166 Å². The average molecular weight is 424 g/mol. The molecule has 0 amide bonds. The molecule has 3 nitrogen and oxygen atoms in total. The Morgan fingerprint density at radius 3 is 2.07 bits per heavy atom. The summed E-state index contributed by atoms with van der Waals surface area (Å²) in [4.78, 5) is 12.6. The molecule has 0 aliphatic carbocycles. The van der Waals surface area contributed by atoms with Gasteiger partial charge in [-0.25, -0.2) is 0 Å². The van der Waals surface area contributed by atoms with Crippen molar-refractivity contribution in [2.24, 2.45) is 0 Å². The van der Waals surface area contributed by atoms with Crippen LogP contribution in [0.3, 0.4) is 0 Å². The Bertz CT molecular complexity index is 825. The zero-order valence-corrected chi connectivity index (χ0v) is 17.0. The van der Waals surface area contributed by atoms with Crippen LogP contribution in [-0.4, -0.2) is 33.1 Å². The van der Waals surface area contributed by atoms with Crippen LogP contribution in [-0.2, 0) is 4.74 Å². The molecule has 0 saturated heterocycles. The van der Waals surface area contributed by atoms with Crippen molar-refractivity contribution in [1.29, 1.82) is 0 Å². The Hall–Kier alpha value is -2.55. The van der Waals surface area contributed by atoms with Crippen LogP contribution in [0.1, 0.15) is 17.3 Å². The topological polar surface area (TPSA) is 38.3 Å². The Balaban J connectivity index is 1.70. The molecule has 3 rings (SSSR count). The summed E-state index contributed by atoms with van der Waals surface area (Å²) in [6.07, 6.45) is -0.210. The van der Waals surface area contributed by atoms with Gasteiger partial charge >= 0.3 is 167 Å². The van der Waals surface area contributed by atoms with Crippen molar-refractivity contribution in [3.63, 3.8) is 0 Å². The van der Waals surface area contributed by atoms with Gasteiger partial charge in [0.2, 0.25) is 0 Å². The molecule has 138 valence electrons. The summed E-state index contributed by atoms with van der Waals surface area (Å²) >= 11 is 0.232. The predicted molar refractivity (Wildman–Crippen MR) is 112 cm³/mol. The van der Waals surface area contributed by atoms with E-state index in [9.17, 15) is 4.79 Å². The summed E-state index contributed by atoms with van der Waals surface area (Å²) in [5.74, 6) is -0.272. The quantitative estimate of drug-likeness (QED) is 0.436. The molecule has 3 aromatic carbocycles. The second-order valence-electron chi connectivity index (χ2n) is 6.23. The normalized spacial score (nSPS) is 12.8. The second-order valence-corrected chi connectivity index (χ2v) is 8.53. The second kappa shape index (κ2) is 9.96. The van der Waals surface area contributed by atoms with Crippen LogP contribution in [0.15, 0.2) is 91.0 Å². The number of rotatable bonds is 8. The molecule has 4 heteroatoms. The zero-order valence-electron chi connectivity index (χ0n) is 15.2. The van der Waals surface area contributed by atoms with Gasteiger partial charge in [0.05, 0.1) is 0 Å². The molecule has 0 aliphatic heterocycles.